The first-order valence-electron chi connectivity index (χ1n) is 5.75. The van der Waals surface area contributed by atoms with Crippen molar-refractivity contribution in [3.8, 4) is 0 Å². The zero-order chi connectivity index (χ0) is 12.9. The van der Waals surface area contributed by atoms with Crippen LogP contribution in [0.5, 0.6) is 0 Å². The molecule has 96 valence electrons. The summed E-state index contributed by atoms with van der Waals surface area (Å²) in [5.41, 5.74) is 1.65. The van der Waals surface area contributed by atoms with Crippen LogP contribution < -0.4 is 0 Å². The third kappa shape index (κ3) is 4.83. The third-order valence-electron chi connectivity index (χ3n) is 2.68. The van der Waals surface area contributed by atoms with Gasteiger partial charge < -0.3 is 5.11 Å². The van der Waals surface area contributed by atoms with Gasteiger partial charge in [0.25, 0.3) is 0 Å². The van der Waals surface area contributed by atoms with Gasteiger partial charge in [0.15, 0.2) is 0 Å². The quantitative estimate of drug-likeness (QED) is 0.841. The molecule has 1 aromatic rings. The minimum atomic E-state index is -2.93. The predicted octanol–water partition coefficient (Wildman–Crippen LogP) is 1.64. The summed E-state index contributed by atoms with van der Waals surface area (Å²) < 4.78 is 22.6. The summed E-state index contributed by atoms with van der Waals surface area (Å²) in [5, 5.41) is 9.89. The van der Waals surface area contributed by atoms with Crippen molar-refractivity contribution in [2.45, 2.75) is 32.8 Å². The van der Waals surface area contributed by atoms with Crippen molar-refractivity contribution < 1.29 is 13.5 Å². The minimum Gasteiger partial charge on any atom is -0.388 e. The second-order valence-electron chi connectivity index (χ2n) is 4.12. The first kappa shape index (κ1) is 14.1. The highest BCUT2D eigenvalue weighted by molar-refractivity contribution is 7.91. The van der Waals surface area contributed by atoms with Crippen LogP contribution >= 0.6 is 0 Å². The Bertz CT molecular complexity index is 457. The average molecular weight is 257 g/mol. The van der Waals surface area contributed by atoms with Crippen LogP contribution in [0.15, 0.2) is 18.3 Å². The van der Waals surface area contributed by atoms with E-state index < -0.39 is 15.9 Å². The van der Waals surface area contributed by atoms with Gasteiger partial charge in [0, 0.05) is 17.6 Å². The smallest absolute Gasteiger partial charge is 0.150 e. The molecule has 1 unspecified atom stereocenters. The number of sulfone groups is 1. The summed E-state index contributed by atoms with van der Waals surface area (Å²) in [5.74, 6) is 0.308. The molecular formula is C12H19NO3S. The van der Waals surface area contributed by atoms with Gasteiger partial charge >= 0.3 is 0 Å². The number of hydrogen-bond acceptors (Lipinski definition) is 4. The Hall–Kier alpha value is -0.940. The fourth-order valence-corrected chi connectivity index (χ4v) is 2.48. The van der Waals surface area contributed by atoms with Crippen molar-refractivity contribution in [2.75, 3.05) is 11.5 Å². The van der Waals surface area contributed by atoms with Crippen molar-refractivity contribution in [1.29, 1.82) is 0 Å². The average Bonchev–Trinajstić information content (AvgIpc) is 2.28. The lowest BCUT2D eigenvalue weighted by atomic mass is 10.1. The summed E-state index contributed by atoms with van der Waals surface area (Å²) >= 11 is 0. The zero-order valence-corrected chi connectivity index (χ0v) is 11.1. The van der Waals surface area contributed by atoms with Gasteiger partial charge in [0.05, 0.1) is 11.9 Å². The van der Waals surface area contributed by atoms with Crippen molar-refractivity contribution in [3.63, 3.8) is 0 Å². The molecule has 17 heavy (non-hydrogen) atoms. The largest absolute Gasteiger partial charge is 0.388 e. The van der Waals surface area contributed by atoms with Gasteiger partial charge in [-0.25, -0.2) is 8.42 Å². The molecule has 0 aromatic carbocycles. The normalized spacial score (nSPS) is 13.6. The van der Waals surface area contributed by atoms with Crippen LogP contribution in [-0.2, 0) is 9.84 Å². The molecule has 0 bridgehead atoms. The number of hydrogen-bond donors (Lipinski definition) is 1. The number of aromatic nitrogens is 1. The van der Waals surface area contributed by atoms with E-state index in [1.807, 2.05) is 13.0 Å². The molecule has 0 spiro atoms. The number of aliphatic hydroxyl groups is 1. The van der Waals surface area contributed by atoms with Gasteiger partial charge in [-0.15, -0.1) is 0 Å². The Morgan fingerprint density at radius 3 is 2.76 bits per heavy atom. The molecular weight excluding hydrogens is 238 g/mol. The summed E-state index contributed by atoms with van der Waals surface area (Å²) in [7, 11) is -2.93. The van der Waals surface area contributed by atoms with Crippen LogP contribution in [0.1, 0.15) is 37.1 Å². The van der Waals surface area contributed by atoms with E-state index in [1.54, 1.807) is 19.2 Å². The highest BCUT2D eigenvalue weighted by Crippen LogP contribution is 2.18. The van der Waals surface area contributed by atoms with Crippen LogP contribution in [0.2, 0.25) is 0 Å². The molecule has 0 aliphatic carbocycles. The molecule has 0 amide bonds. The van der Waals surface area contributed by atoms with Crippen LogP contribution in [0.25, 0.3) is 0 Å². The Labute approximate surface area is 103 Å². The Balaban J connectivity index is 2.48. The highest BCUT2D eigenvalue weighted by atomic mass is 32.2. The molecule has 1 heterocycles. The second-order valence-corrected chi connectivity index (χ2v) is 6.60. The van der Waals surface area contributed by atoms with Crippen LogP contribution in [0, 0.1) is 6.92 Å². The number of pyridine rings is 1. The molecule has 0 fully saturated rings. The van der Waals surface area contributed by atoms with Crippen LogP contribution in [-0.4, -0.2) is 30.0 Å². The topological polar surface area (TPSA) is 67.3 Å². The van der Waals surface area contributed by atoms with Crippen LogP contribution in [0.3, 0.4) is 0 Å². The van der Waals surface area contributed by atoms with E-state index in [0.29, 0.717) is 12.8 Å². The molecule has 1 atom stereocenters. The van der Waals surface area contributed by atoms with Crippen molar-refractivity contribution in [3.05, 3.63) is 29.6 Å². The fraction of sp³-hybridized carbons (Fsp3) is 0.583. The van der Waals surface area contributed by atoms with E-state index in [-0.39, 0.29) is 11.5 Å². The molecule has 1 N–H and O–H groups in total. The van der Waals surface area contributed by atoms with Crippen molar-refractivity contribution in [2.24, 2.45) is 0 Å². The number of aryl methyl sites for hydroxylation is 1. The summed E-state index contributed by atoms with van der Waals surface area (Å²) in [6.07, 6.45) is 1.99. The van der Waals surface area contributed by atoms with E-state index in [0.717, 1.165) is 11.3 Å². The van der Waals surface area contributed by atoms with E-state index in [2.05, 4.69) is 4.98 Å². The fourth-order valence-electron chi connectivity index (χ4n) is 1.58. The molecule has 1 aromatic heterocycles. The predicted molar refractivity (Wildman–Crippen MR) is 67.5 cm³/mol. The Morgan fingerprint density at radius 1 is 1.47 bits per heavy atom. The van der Waals surface area contributed by atoms with E-state index in [9.17, 15) is 13.5 Å². The Kier molecular flexibility index (Phi) is 5.08. The molecule has 5 heteroatoms. The molecule has 0 radical (unpaired) electrons. The Morgan fingerprint density at radius 2 is 2.18 bits per heavy atom. The standard InChI is InChI=1S/C12H19NO3S/c1-3-17(15,16)8-4-5-12(14)11-6-7-13-10(2)9-11/h6-7,9,12,14H,3-5,8H2,1-2H3. The lowest BCUT2D eigenvalue weighted by Gasteiger charge is -2.11. The second kappa shape index (κ2) is 6.12. The number of aliphatic hydroxyl groups excluding tert-OH is 1. The van der Waals surface area contributed by atoms with Gasteiger partial charge in [-0.1, -0.05) is 6.92 Å². The first-order chi connectivity index (χ1) is 7.94. The molecule has 0 saturated heterocycles. The number of nitrogens with zero attached hydrogens (tertiary/aromatic N) is 1. The highest BCUT2D eigenvalue weighted by Gasteiger charge is 2.11. The monoisotopic (exact) mass is 257 g/mol. The maximum absolute atomic E-state index is 11.3. The summed E-state index contributed by atoms with van der Waals surface area (Å²) in [6, 6.07) is 3.57. The lowest BCUT2D eigenvalue weighted by molar-refractivity contribution is 0.166. The van der Waals surface area contributed by atoms with Crippen molar-refractivity contribution >= 4 is 9.84 Å². The zero-order valence-electron chi connectivity index (χ0n) is 10.3. The maximum Gasteiger partial charge on any atom is 0.150 e. The van der Waals surface area contributed by atoms with Gasteiger partial charge in [0.2, 0.25) is 0 Å². The molecule has 1 rings (SSSR count). The number of rotatable bonds is 6. The van der Waals surface area contributed by atoms with Gasteiger partial charge in [-0.05, 0) is 37.5 Å². The van der Waals surface area contributed by atoms with E-state index in [1.165, 1.54) is 0 Å². The van der Waals surface area contributed by atoms with Gasteiger partial charge in [0.1, 0.15) is 9.84 Å². The molecule has 0 aliphatic heterocycles. The molecule has 0 saturated carbocycles. The maximum atomic E-state index is 11.3. The van der Waals surface area contributed by atoms with Crippen LogP contribution in [0.4, 0.5) is 0 Å². The lowest BCUT2D eigenvalue weighted by Crippen LogP contribution is -2.10. The first-order valence-corrected chi connectivity index (χ1v) is 7.58. The summed E-state index contributed by atoms with van der Waals surface area (Å²) in [4.78, 5) is 4.05. The van der Waals surface area contributed by atoms with E-state index >= 15 is 0 Å². The van der Waals surface area contributed by atoms with Crippen molar-refractivity contribution in [1.82, 2.24) is 4.98 Å². The molecule has 4 nitrogen and oxygen atoms in total. The SMILES string of the molecule is CCS(=O)(=O)CCCC(O)c1ccnc(C)c1. The van der Waals surface area contributed by atoms with Gasteiger partial charge in [-0.3, -0.25) is 4.98 Å². The van der Waals surface area contributed by atoms with Gasteiger partial charge in [-0.2, -0.15) is 0 Å². The minimum absolute atomic E-state index is 0.143. The third-order valence-corrected chi connectivity index (χ3v) is 4.47. The summed E-state index contributed by atoms with van der Waals surface area (Å²) in [6.45, 7) is 3.50. The molecule has 0 aliphatic rings. The van der Waals surface area contributed by atoms with E-state index in [4.69, 9.17) is 0 Å².